The van der Waals surface area contributed by atoms with Crippen LogP contribution in [-0.4, -0.2) is 8.42 Å². The molecule has 0 fully saturated rings. The van der Waals surface area contributed by atoms with Gasteiger partial charge in [0.15, 0.2) is 0 Å². The molecule has 0 heterocycles. The Balaban J connectivity index is 2.43. The summed E-state index contributed by atoms with van der Waals surface area (Å²) in [5, 5.41) is 0. The first-order chi connectivity index (χ1) is 9.29. The Bertz CT molecular complexity index is 763. The van der Waals surface area contributed by atoms with Gasteiger partial charge < -0.3 is 0 Å². The Morgan fingerprint density at radius 1 is 1.05 bits per heavy atom. The van der Waals surface area contributed by atoms with Gasteiger partial charge in [0, 0.05) is 8.95 Å². The predicted molar refractivity (Wildman–Crippen MR) is 83.8 cm³/mol. The first-order valence-electron chi connectivity index (χ1n) is 5.53. The minimum Gasteiger partial charge on any atom is -0.278 e. The van der Waals surface area contributed by atoms with Crippen LogP contribution in [0.5, 0.6) is 0 Å². The van der Waals surface area contributed by atoms with E-state index < -0.39 is 15.8 Å². The highest BCUT2D eigenvalue weighted by atomic mass is 79.9. The van der Waals surface area contributed by atoms with Gasteiger partial charge in [0.2, 0.25) is 0 Å². The van der Waals surface area contributed by atoms with Gasteiger partial charge in [-0.2, -0.15) is 0 Å². The van der Waals surface area contributed by atoms with Crippen LogP contribution in [0.15, 0.2) is 50.2 Å². The smallest absolute Gasteiger partial charge is 0.263 e. The van der Waals surface area contributed by atoms with Crippen molar-refractivity contribution >= 4 is 47.6 Å². The molecule has 20 heavy (non-hydrogen) atoms. The summed E-state index contributed by atoms with van der Waals surface area (Å²) in [6, 6.07) is 8.69. The second kappa shape index (κ2) is 5.83. The summed E-state index contributed by atoms with van der Waals surface area (Å²) in [5.41, 5.74) is 1.08. The lowest BCUT2D eigenvalue weighted by Gasteiger charge is -2.11. The Morgan fingerprint density at radius 2 is 1.75 bits per heavy atom. The molecule has 0 unspecified atom stereocenters. The topological polar surface area (TPSA) is 46.2 Å². The normalized spacial score (nSPS) is 11.4. The van der Waals surface area contributed by atoms with Crippen molar-refractivity contribution in [2.24, 2.45) is 0 Å². The summed E-state index contributed by atoms with van der Waals surface area (Å²) in [6.07, 6.45) is 0. The number of anilines is 1. The van der Waals surface area contributed by atoms with Crippen LogP contribution in [0.4, 0.5) is 10.1 Å². The number of hydrogen-bond donors (Lipinski definition) is 1. The first kappa shape index (κ1) is 15.5. The summed E-state index contributed by atoms with van der Waals surface area (Å²) in [4.78, 5) is 0.0965. The Labute approximate surface area is 133 Å². The molecule has 2 rings (SSSR count). The van der Waals surface area contributed by atoms with E-state index in [-0.39, 0.29) is 10.6 Å². The van der Waals surface area contributed by atoms with Gasteiger partial charge in [-0.3, -0.25) is 4.72 Å². The molecule has 1 N–H and O–H groups in total. The van der Waals surface area contributed by atoms with Crippen molar-refractivity contribution in [2.75, 3.05) is 4.72 Å². The summed E-state index contributed by atoms with van der Waals surface area (Å²) in [5.74, 6) is -0.520. The van der Waals surface area contributed by atoms with E-state index in [1.165, 1.54) is 18.2 Å². The molecule has 0 saturated heterocycles. The van der Waals surface area contributed by atoms with Crippen molar-refractivity contribution in [3.05, 3.63) is 56.7 Å². The SMILES string of the molecule is Cc1ccc(S(=O)(=O)Nc2cc(F)ccc2Br)c(Br)c1. The molecular weight excluding hydrogens is 413 g/mol. The van der Waals surface area contributed by atoms with Gasteiger partial charge in [0.25, 0.3) is 10.0 Å². The number of halogens is 3. The highest BCUT2D eigenvalue weighted by Gasteiger charge is 2.19. The molecule has 0 amide bonds. The fraction of sp³-hybridized carbons (Fsp3) is 0.0769. The Morgan fingerprint density at radius 3 is 2.40 bits per heavy atom. The van der Waals surface area contributed by atoms with E-state index in [0.717, 1.165) is 11.6 Å². The standard InChI is InChI=1S/C13H10Br2FNO2S/c1-8-2-5-13(11(15)6-8)20(18,19)17-12-7-9(16)3-4-10(12)14/h2-7,17H,1H3. The lowest BCUT2D eigenvalue weighted by molar-refractivity contribution is 0.600. The van der Waals surface area contributed by atoms with E-state index >= 15 is 0 Å². The van der Waals surface area contributed by atoms with Crippen molar-refractivity contribution in [1.82, 2.24) is 0 Å². The minimum absolute atomic E-state index is 0.0965. The van der Waals surface area contributed by atoms with Gasteiger partial charge in [0.05, 0.1) is 5.69 Å². The molecule has 7 heteroatoms. The molecule has 0 radical (unpaired) electrons. The summed E-state index contributed by atoms with van der Waals surface area (Å²) < 4.78 is 41.1. The maximum atomic E-state index is 13.2. The number of nitrogens with one attached hydrogen (secondary N) is 1. The monoisotopic (exact) mass is 421 g/mol. The van der Waals surface area contributed by atoms with Crippen molar-refractivity contribution in [3.63, 3.8) is 0 Å². The molecule has 0 bridgehead atoms. The molecule has 0 aliphatic carbocycles. The maximum absolute atomic E-state index is 13.2. The van der Waals surface area contributed by atoms with Gasteiger partial charge in [-0.25, -0.2) is 12.8 Å². The second-order valence-electron chi connectivity index (χ2n) is 4.16. The lowest BCUT2D eigenvalue weighted by atomic mass is 10.2. The number of hydrogen-bond acceptors (Lipinski definition) is 2. The van der Waals surface area contributed by atoms with Gasteiger partial charge in [-0.15, -0.1) is 0 Å². The molecule has 0 spiro atoms. The molecule has 2 aromatic carbocycles. The van der Waals surface area contributed by atoms with Crippen molar-refractivity contribution in [1.29, 1.82) is 0 Å². The van der Waals surface area contributed by atoms with Crippen LogP contribution < -0.4 is 4.72 Å². The number of sulfonamides is 1. The van der Waals surface area contributed by atoms with E-state index in [1.807, 2.05) is 6.92 Å². The number of rotatable bonds is 3. The van der Waals surface area contributed by atoms with Gasteiger partial charge in [-0.05, 0) is 74.7 Å². The van der Waals surface area contributed by atoms with Crippen LogP contribution >= 0.6 is 31.9 Å². The fourth-order valence-corrected chi connectivity index (χ4v) is 4.34. The van der Waals surface area contributed by atoms with Crippen LogP contribution in [0.2, 0.25) is 0 Å². The molecule has 0 saturated carbocycles. The molecule has 3 nitrogen and oxygen atoms in total. The van der Waals surface area contributed by atoms with E-state index in [0.29, 0.717) is 8.95 Å². The maximum Gasteiger partial charge on any atom is 0.263 e. The van der Waals surface area contributed by atoms with Crippen LogP contribution in [-0.2, 0) is 10.0 Å². The zero-order valence-corrected chi connectivity index (χ0v) is 14.3. The third kappa shape index (κ3) is 3.39. The zero-order chi connectivity index (χ0) is 14.9. The molecule has 0 aromatic heterocycles. The average Bonchev–Trinajstić information content (AvgIpc) is 2.33. The summed E-state index contributed by atoms with van der Waals surface area (Å²) in [7, 11) is -3.79. The van der Waals surface area contributed by atoms with Crippen molar-refractivity contribution in [2.45, 2.75) is 11.8 Å². The molecule has 0 aliphatic rings. The van der Waals surface area contributed by atoms with Crippen LogP contribution in [0, 0.1) is 12.7 Å². The highest BCUT2D eigenvalue weighted by molar-refractivity contribution is 9.11. The van der Waals surface area contributed by atoms with Gasteiger partial charge >= 0.3 is 0 Å². The molecular formula is C13H10Br2FNO2S. The number of benzene rings is 2. The Kier molecular flexibility index (Phi) is 4.51. The van der Waals surface area contributed by atoms with E-state index in [9.17, 15) is 12.8 Å². The molecule has 2 aromatic rings. The average molecular weight is 423 g/mol. The zero-order valence-electron chi connectivity index (χ0n) is 10.3. The van der Waals surface area contributed by atoms with Crippen LogP contribution in [0.1, 0.15) is 5.56 Å². The van der Waals surface area contributed by atoms with E-state index in [4.69, 9.17) is 0 Å². The molecule has 0 atom stereocenters. The lowest BCUT2D eigenvalue weighted by Crippen LogP contribution is -2.14. The quantitative estimate of drug-likeness (QED) is 0.793. The minimum atomic E-state index is -3.79. The molecule has 0 aliphatic heterocycles. The second-order valence-corrected chi connectivity index (χ2v) is 7.52. The Hall–Kier alpha value is -0.920. The molecule has 106 valence electrons. The first-order valence-corrected chi connectivity index (χ1v) is 8.60. The van der Waals surface area contributed by atoms with Crippen LogP contribution in [0.25, 0.3) is 0 Å². The third-order valence-corrected chi connectivity index (χ3v) is 5.58. The van der Waals surface area contributed by atoms with E-state index in [1.54, 1.807) is 12.1 Å². The largest absolute Gasteiger partial charge is 0.278 e. The summed E-state index contributed by atoms with van der Waals surface area (Å²) >= 11 is 6.40. The highest BCUT2D eigenvalue weighted by Crippen LogP contribution is 2.29. The van der Waals surface area contributed by atoms with E-state index in [2.05, 4.69) is 36.6 Å². The number of aryl methyl sites for hydroxylation is 1. The van der Waals surface area contributed by atoms with Gasteiger partial charge in [-0.1, -0.05) is 6.07 Å². The predicted octanol–water partition coefficient (Wildman–Crippen LogP) is 4.46. The summed E-state index contributed by atoms with van der Waals surface area (Å²) in [6.45, 7) is 1.86. The third-order valence-electron chi connectivity index (χ3n) is 2.55. The van der Waals surface area contributed by atoms with Crippen molar-refractivity contribution < 1.29 is 12.8 Å². The van der Waals surface area contributed by atoms with Gasteiger partial charge in [0.1, 0.15) is 10.7 Å². The fourth-order valence-electron chi connectivity index (χ4n) is 1.60. The van der Waals surface area contributed by atoms with Crippen molar-refractivity contribution in [3.8, 4) is 0 Å². The van der Waals surface area contributed by atoms with Crippen LogP contribution in [0.3, 0.4) is 0 Å².